The quantitative estimate of drug-likeness (QED) is 0.567. The van der Waals surface area contributed by atoms with Crippen LogP contribution in [0.5, 0.6) is 0 Å². The molecule has 0 radical (unpaired) electrons. The van der Waals surface area contributed by atoms with Gasteiger partial charge in [0.05, 0.1) is 0 Å². The normalized spacial score (nSPS) is 19.7. The van der Waals surface area contributed by atoms with E-state index in [1.807, 2.05) is 0 Å². The molecule has 0 saturated heterocycles. The topological polar surface area (TPSA) is 56.7 Å². The summed E-state index contributed by atoms with van der Waals surface area (Å²) in [5.74, 6) is 0.0944. The summed E-state index contributed by atoms with van der Waals surface area (Å²) in [6.07, 6.45) is 6.18. The first-order chi connectivity index (χ1) is 5.33. The summed E-state index contributed by atoms with van der Waals surface area (Å²) < 4.78 is 0. The van der Waals surface area contributed by atoms with Gasteiger partial charge in [0.1, 0.15) is 0 Å². The van der Waals surface area contributed by atoms with Crippen LogP contribution in [0.25, 0.3) is 0 Å². The number of amides is 1. The van der Waals surface area contributed by atoms with Gasteiger partial charge in [-0.25, -0.2) is 0 Å². The lowest BCUT2D eigenvalue weighted by atomic mass is 9.95. The maximum absolute atomic E-state index is 10.9. The predicted octanol–water partition coefficient (Wildman–Crippen LogP) is -0.323. The first kappa shape index (κ1) is 8.53. The fourth-order valence-corrected chi connectivity index (χ4v) is 1.55. The smallest absolute Gasteiger partial charge is 0.275 e. The lowest BCUT2D eigenvalue weighted by molar-refractivity contribution is -0.355. The van der Waals surface area contributed by atoms with Gasteiger partial charge in [0.15, 0.2) is 6.54 Å². The Morgan fingerprint density at radius 3 is 2.55 bits per heavy atom. The fourth-order valence-electron chi connectivity index (χ4n) is 1.55. The molecule has 64 valence electrons. The molecule has 1 amide bonds. The Balaban J connectivity index is 2.19. The Bertz CT molecular complexity index is 130. The Hall–Kier alpha value is -0.570. The highest BCUT2D eigenvalue weighted by Crippen LogP contribution is 2.16. The van der Waals surface area contributed by atoms with Gasteiger partial charge in [-0.15, -0.1) is 0 Å². The summed E-state index contributed by atoms with van der Waals surface area (Å²) in [5, 5.41) is 2.97. The molecule has 0 atom stereocenters. The molecule has 1 saturated carbocycles. The monoisotopic (exact) mass is 157 g/mol. The van der Waals surface area contributed by atoms with Gasteiger partial charge >= 0.3 is 0 Å². The van der Waals surface area contributed by atoms with Crippen molar-refractivity contribution in [1.29, 1.82) is 0 Å². The van der Waals surface area contributed by atoms with Gasteiger partial charge in [-0.2, -0.15) is 0 Å². The first-order valence-electron chi connectivity index (χ1n) is 4.41. The maximum Gasteiger partial charge on any atom is 0.275 e. The Morgan fingerprint density at radius 1 is 1.36 bits per heavy atom. The summed E-state index contributed by atoms with van der Waals surface area (Å²) in [6.45, 7) is 0.372. The van der Waals surface area contributed by atoms with E-state index in [0.717, 1.165) is 12.8 Å². The molecule has 11 heavy (non-hydrogen) atoms. The van der Waals surface area contributed by atoms with E-state index in [2.05, 4.69) is 11.1 Å². The largest absolute Gasteiger partial charge is 0.350 e. The second-order valence-electron chi connectivity index (χ2n) is 3.15. The highest BCUT2D eigenvalue weighted by Gasteiger charge is 2.14. The van der Waals surface area contributed by atoms with Crippen molar-refractivity contribution in [3.8, 4) is 0 Å². The van der Waals surface area contributed by atoms with Crippen LogP contribution >= 0.6 is 0 Å². The van der Waals surface area contributed by atoms with Gasteiger partial charge in [-0.1, -0.05) is 19.3 Å². The summed E-state index contributed by atoms with van der Waals surface area (Å²) in [4.78, 5) is 10.9. The van der Waals surface area contributed by atoms with E-state index < -0.39 is 0 Å². The van der Waals surface area contributed by atoms with E-state index in [1.165, 1.54) is 19.3 Å². The minimum atomic E-state index is 0.0944. The second-order valence-corrected chi connectivity index (χ2v) is 3.15. The molecule has 0 heterocycles. The number of hydrogen-bond donors (Lipinski definition) is 2. The van der Waals surface area contributed by atoms with Crippen LogP contribution in [-0.4, -0.2) is 18.5 Å². The highest BCUT2D eigenvalue weighted by molar-refractivity contribution is 5.76. The van der Waals surface area contributed by atoms with Crippen molar-refractivity contribution >= 4 is 5.91 Å². The summed E-state index contributed by atoms with van der Waals surface area (Å²) >= 11 is 0. The van der Waals surface area contributed by atoms with Crippen molar-refractivity contribution in [2.24, 2.45) is 0 Å². The van der Waals surface area contributed by atoms with Crippen molar-refractivity contribution < 1.29 is 10.5 Å². The molecule has 0 unspecified atom stereocenters. The molecule has 1 fully saturated rings. The van der Waals surface area contributed by atoms with Gasteiger partial charge < -0.3 is 11.1 Å². The first-order valence-corrected chi connectivity index (χ1v) is 4.41. The van der Waals surface area contributed by atoms with Gasteiger partial charge in [0.2, 0.25) is 0 Å². The molecule has 1 aliphatic carbocycles. The van der Waals surface area contributed by atoms with Gasteiger partial charge in [0.25, 0.3) is 5.91 Å². The zero-order valence-electron chi connectivity index (χ0n) is 6.94. The molecular formula is C8H17N2O+. The number of carbonyl (C=O) groups is 1. The molecule has 0 aliphatic heterocycles. The minimum Gasteiger partial charge on any atom is -0.350 e. The van der Waals surface area contributed by atoms with Crippen molar-refractivity contribution in [3.05, 3.63) is 0 Å². The predicted molar refractivity (Wildman–Crippen MR) is 42.8 cm³/mol. The SMILES string of the molecule is [NH3+]CC(=O)NC1CCCCC1. The van der Waals surface area contributed by atoms with Crippen molar-refractivity contribution in [1.82, 2.24) is 5.32 Å². The summed E-state index contributed by atoms with van der Waals surface area (Å²) in [7, 11) is 0. The third kappa shape index (κ3) is 2.89. The third-order valence-corrected chi connectivity index (χ3v) is 2.20. The standard InChI is InChI=1S/C8H16N2O/c9-6-8(11)10-7-4-2-1-3-5-7/h7H,1-6,9H2,(H,10,11)/p+1. The van der Waals surface area contributed by atoms with Crippen LogP contribution in [0.1, 0.15) is 32.1 Å². The molecule has 0 bridgehead atoms. The average molecular weight is 157 g/mol. The van der Waals surface area contributed by atoms with Gasteiger partial charge in [-0.3, -0.25) is 4.79 Å². The number of carbonyl (C=O) groups excluding carboxylic acids is 1. The maximum atomic E-state index is 10.9. The molecule has 1 rings (SSSR count). The average Bonchev–Trinajstić information content (AvgIpc) is 2.06. The van der Waals surface area contributed by atoms with Crippen LogP contribution in [0.15, 0.2) is 0 Å². The number of nitrogens with one attached hydrogen (secondary N) is 1. The molecule has 0 aromatic heterocycles. The zero-order chi connectivity index (χ0) is 8.10. The molecule has 4 N–H and O–H groups in total. The fraction of sp³-hybridized carbons (Fsp3) is 0.875. The van der Waals surface area contributed by atoms with Crippen LogP contribution in [0.3, 0.4) is 0 Å². The zero-order valence-corrected chi connectivity index (χ0v) is 6.94. The molecular weight excluding hydrogens is 140 g/mol. The molecule has 3 nitrogen and oxygen atoms in total. The van der Waals surface area contributed by atoms with E-state index in [9.17, 15) is 4.79 Å². The molecule has 0 aromatic carbocycles. The molecule has 0 spiro atoms. The van der Waals surface area contributed by atoms with Gasteiger partial charge in [0, 0.05) is 6.04 Å². The number of quaternary nitrogens is 1. The second kappa shape index (κ2) is 4.34. The highest BCUT2D eigenvalue weighted by atomic mass is 16.1. The Kier molecular flexibility index (Phi) is 3.36. The molecule has 0 aromatic rings. The van der Waals surface area contributed by atoms with E-state index in [-0.39, 0.29) is 5.91 Å². The lowest BCUT2D eigenvalue weighted by Gasteiger charge is -2.21. The summed E-state index contributed by atoms with van der Waals surface area (Å²) in [5.41, 5.74) is 3.54. The Morgan fingerprint density at radius 2 is 2.00 bits per heavy atom. The molecule has 3 heteroatoms. The number of rotatable bonds is 2. The van der Waals surface area contributed by atoms with E-state index in [0.29, 0.717) is 12.6 Å². The summed E-state index contributed by atoms with van der Waals surface area (Å²) in [6, 6.07) is 0.443. The molecule has 1 aliphatic rings. The van der Waals surface area contributed by atoms with Crippen molar-refractivity contribution in [3.63, 3.8) is 0 Å². The van der Waals surface area contributed by atoms with E-state index >= 15 is 0 Å². The van der Waals surface area contributed by atoms with Crippen LogP contribution in [0, 0.1) is 0 Å². The van der Waals surface area contributed by atoms with E-state index in [1.54, 1.807) is 0 Å². The third-order valence-electron chi connectivity index (χ3n) is 2.20. The van der Waals surface area contributed by atoms with Crippen LogP contribution in [-0.2, 0) is 4.79 Å². The number of hydrogen-bond acceptors (Lipinski definition) is 1. The van der Waals surface area contributed by atoms with Crippen molar-refractivity contribution in [2.45, 2.75) is 38.1 Å². The van der Waals surface area contributed by atoms with E-state index in [4.69, 9.17) is 0 Å². The minimum absolute atomic E-state index is 0.0944. The van der Waals surface area contributed by atoms with Crippen molar-refractivity contribution in [2.75, 3.05) is 6.54 Å². The van der Waals surface area contributed by atoms with Crippen LogP contribution < -0.4 is 11.1 Å². The van der Waals surface area contributed by atoms with Crippen LogP contribution in [0.4, 0.5) is 0 Å². The van der Waals surface area contributed by atoms with Gasteiger partial charge in [-0.05, 0) is 12.8 Å². The lowest BCUT2D eigenvalue weighted by Crippen LogP contribution is -2.58. The Labute approximate surface area is 67.3 Å². The van der Waals surface area contributed by atoms with Crippen LogP contribution in [0.2, 0.25) is 0 Å².